The number of nitro groups is 1. The Morgan fingerprint density at radius 1 is 1.33 bits per heavy atom. The molecule has 27 heavy (non-hydrogen) atoms. The third kappa shape index (κ3) is 3.64. The maximum absolute atomic E-state index is 11.1. The number of nitrogens with zero attached hydrogens (tertiary/aromatic N) is 3. The molecule has 1 unspecified atom stereocenters. The van der Waals surface area contributed by atoms with Gasteiger partial charge in [0.05, 0.1) is 22.0 Å². The van der Waals surface area contributed by atoms with Gasteiger partial charge < -0.3 is 9.72 Å². The highest BCUT2D eigenvalue weighted by Gasteiger charge is 2.28. The van der Waals surface area contributed by atoms with Gasteiger partial charge in [-0.3, -0.25) is 15.0 Å². The minimum absolute atomic E-state index is 0.00289. The van der Waals surface area contributed by atoms with Gasteiger partial charge in [0.15, 0.2) is 5.75 Å². The number of aromatic amines is 1. The molecule has 0 spiro atoms. The quantitative estimate of drug-likeness (QED) is 0.527. The highest BCUT2D eigenvalue weighted by Crippen LogP contribution is 2.31. The van der Waals surface area contributed by atoms with Gasteiger partial charge in [0.2, 0.25) is 0 Å². The zero-order valence-corrected chi connectivity index (χ0v) is 15.2. The number of aromatic nitrogens is 2. The topological polar surface area (TPSA) is 84.3 Å². The summed E-state index contributed by atoms with van der Waals surface area (Å²) in [5.74, 6) is 1.30. The molecule has 1 aromatic heterocycles. The fourth-order valence-corrected chi connectivity index (χ4v) is 3.71. The van der Waals surface area contributed by atoms with Gasteiger partial charge in [-0.05, 0) is 50.1 Å². The summed E-state index contributed by atoms with van der Waals surface area (Å²) in [5.41, 5.74) is 3.26. The van der Waals surface area contributed by atoms with E-state index < -0.39 is 4.92 Å². The molecule has 0 radical (unpaired) electrons. The Kier molecular flexibility index (Phi) is 4.77. The Morgan fingerprint density at radius 3 is 3.04 bits per heavy atom. The average molecular weight is 366 g/mol. The normalized spacial score (nSPS) is 17.4. The summed E-state index contributed by atoms with van der Waals surface area (Å²) in [6.45, 7) is 4.15. The number of fused-ring (bicyclic) bond motifs is 1. The van der Waals surface area contributed by atoms with Crippen LogP contribution in [0.5, 0.6) is 5.75 Å². The monoisotopic (exact) mass is 366 g/mol. The zero-order valence-electron chi connectivity index (χ0n) is 15.2. The second kappa shape index (κ2) is 7.36. The van der Waals surface area contributed by atoms with Gasteiger partial charge in [-0.1, -0.05) is 18.2 Å². The second-order valence-corrected chi connectivity index (χ2v) is 6.91. The lowest BCUT2D eigenvalue weighted by atomic mass is 10.2. The number of para-hydroxylation sites is 2. The number of nitro benzene ring substituents is 1. The summed E-state index contributed by atoms with van der Waals surface area (Å²) in [6.07, 6.45) is 2.15. The highest BCUT2D eigenvalue weighted by atomic mass is 16.6. The lowest BCUT2D eigenvalue weighted by molar-refractivity contribution is -0.385. The van der Waals surface area contributed by atoms with E-state index in [1.54, 1.807) is 18.2 Å². The molecule has 0 amide bonds. The van der Waals surface area contributed by atoms with Crippen LogP contribution in [-0.2, 0) is 0 Å². The number of imidazole rings is 1. The van der Waals surface area contributed by atoms with Gasteiger partial charge in [-0.15, -0.1) is 0 Å². The van der Waals surface area contributed by atoms with E-state index in [9.17, 15) is 10.1 Å². The molecular weight excluding hydrogens is 344 g/mol. The number of H-pyrrole nitrogens is 1. The van der Waals surface area contributed by atoms with Crippen molar-refractivity contribution in [3.8, 4) is 5.75 Å². The molecule has 1 aliphatic rings. The molecule has 7 heteroatoms. The standard InChI is InChI=1S/C20H22N4O3/c1-14-8-9-15-16(13-14)22-20(21-15)18-6-4-10-23(18)11-12-27-19-7-3-2-5-17(19)24(25)26/h2-3,5,7-9,13,18H,4,6,10-12H2,1H3,(H,21,22). The highest BCUT2D eigenvalue weighted by molar-refractivity contribution is 5.75. The van der Waals surface area contributed by atoms with Crippen LogP contribution in [0, 0.1) is 17.0 Å². The Hall–Kier alpha value is -2.93. The van der Waals surface area contributed by atoms with Crippen LogP contribution >= 0.6 is 0 Å². The summed E-state index contributed by atoms with van der Waals surface area (Å²) >= 11 is 0. The number of hydrogen-bond acceptors (Lipinski definition) is 5. The van der Waals surface area contributed by atoms with Crippen molar-refractivity contribution >= 4 is 16.7 Å². The van der Waals surface area contributed by atoms with E-state index in [-0.39, 0.29) is 11.7 Å². The van der Waals surface area contributed by atoms with Crippen LogP contribution in [0.3, 0.4) is 0 Å². The number of benzene rings is 2. The molecule has 1 fully saturated rings. The predicted octanol–water partition coefficient (Wildman–Crippen LogP) is 4.00. The lowest BCUT2D eigenvalue weighted by Gasteiger charge is -2.22. The first-order chi connectivity index (χ1) is 13.1. The number of ether oxygens (including phenoxy) is 1. The number of hydrogen-bond donors (Lipinski definition) is 1. The molecular formula is C20H22N4O3. The average Bonchev–Trinajstić information content (AvgIpc) is 3.28. The van der Waals surface area contributed by atoms with Crippen molar-refractivity contribution in [1.29, 1.82) is 0 Å². The Labute approximate surface area is 157 Å². The van der Waals surface area contributed by atoms with Gasteiger partial charge in [-0.25, -0.2) is 4.98 Å². The molecule has 0 saturated carbocycles. The van der Waals surface area contributed by atoms with Gasteiger partial charge in [-0.2, -0.15) is 0 Å². The third-order valence-corrected chi connectivity index (χ3v) is 5.03. The molecule has 4 rings (SSSR count). The first-order valence-corrected chi connectivity index (χ1v) is 9.18. The third-order valence-electron chi connectivity index (χ3n) is 5.03. The van der Waals surface area contributed by atoms with Gasteiger partial charge in [0, 0.05) is 12.6 Å². The maximum atomic E-state index is 11.1. The molecule has 3 aromatic rings. The van der Waals surface area contributed by atoms with E-state index in [0.29, 0.717) is 18.9 Å². The smallest absolute Gasteiger partial charge is 0.310 e. The van der Waals surface area contributed by atoms with E-state index in [4.69, 9.17) is 9.72 Å². The van der Waals surface area contributed by atoms with E-state index in [0.717, 1.165) is 36.2 Å². The number of nitrogens with one attached hydrogen (secondary N) is 1. The number of likely N-dealkylation sites (tertiary alicyclic amines) is 1. The summed E-state index contributed by atoms with van der Waals surface area (Å²) in [7, 11) is 0. The summed E-state index contributed by atoms with van der Waals surface area (Å²) in [5, 5.41) is 11.1. The van der Waals surface area contributed by atoms with Gasteiger partial charge in [0.25, 0.3) is 0 Å². The van der Waals surface area contributed by atoms with Crippen LogP contribution in [0.1, 0.15) is 30.3 Å². The summed E-state index contributed by atoms with van der Waals surface area (Å²) in [4.78, 5) is 21.2. The molecule has 1 aliphatic heterocycles. The molecule has 1 N–H and O–H groups in total. The molecule has 2 aromatic carbocycles. The van der Waals surface area contributed by atoms with Crippen LogP contribution in [-0.4, -0.2) is 39.5 Å². The first kappa shape index (κ1) is 17.5. The number of rotatable bonds is 6. The number of aryl methyl sites for hydroxylation is 1. The van der Waals surface area contributed by atoms with Crippen molar-refractivity contribution in [2.75, 3.05) is 19.7 Å². The van der Waals surface area contributed by atoms with E-state index in [1.165, 1.54) is 11.6 Å². The predicted molar refractivity (Wildman–Crippen MR) is 103 cm³/mol. The Balaban J connectivity index is 1.43. The van der Waals surface area contributed by atoms with Crippen LogP contribution in [0.15, 0.2) is 42.5 Å². The molecule has 7 nitrogen and oxygen atoms in total. The largest absolute Gasteiger partial charge is 0.485 e. The molecule has 0 bridgehead atoms. The van der Waals surface area contributed by atoms with Crippen molar-refractivity contribution in [2.45, 2.75) is 25.8 Å². The van der Waals surface area contributed by atoms with E-state index in [1.807, 2.05) is 6.07 Å². The van der Waals surface area contributed by atoms with Crippen molar-refractivity contribution in [2.24, 2.45) is 0 Å². The SMILES string of the molecule is Cc1ccc2nc(C3CCCN3CCOc3ccccc3[N+](=O)[O-])[nH]c2c1. The van der Waals surface area contributed by atoms with Gasteiger partial charge >= 0.3 is 5.69 Å². The molecule has 2 heterocycles. The Morgan fingerprint density at radius 2 is 2.19 bits per heavy atom. The van der Waals surface area contributed by atoms with Crippen molar-refractivity contribution in [3.05, 3.63) is 64.0 Å². The molecule has 1 atom stereocenters. The first-order valence-electron chi connectivity index (χ1n) is 9.18. The van der Waals surface area contributed by atoms with Crippen LogP contribution < -0.4 is 4.74 Å². The molecule has 140 valence electrons. The summed E-state index contributed by atoms with van der Waals surface area (Å²) in [6, 6.07) is 12.9. The van der Waals surface area contributed by atoms with Crippen LogP contribution in [0.4, 0.5) is 5.69 Å². The fraction of sp³-hybridized carbons (Fsp3) is 0.350. The lowest BCUT2D eigenvalue weighted by Crippen LogP contribution is -2.28. The van der Waals surface area contributed by atoms with E-state index in [2.05, 4.69) is 28.9 Å². The fourth-order valence-electron chi connectivity index (χ4n) is 3.71. The molecule has 0 aliphatic carbocycles. The Bertz CT molecular complexity index is 969. The van der Waals surface area contributed by atoms with Gasteiger partial charge in [0.1, 0.15) is 12.4 Å². The minimum Gasteiger partial charge on any atom is -0.485 e. The van der Waals surface area contributed by atoms with E-state index >= 15 is 0 Å². The minimum atomic E-state index is -0.412. The van der Waals surface area contributed by atoms with Crippen LogP contribution in [0.25, 0.3) is 11.0 Å². The second-order valence-electron chi connectivity index (χ2n) is 6.91. The van der Waals surface area contributed by atoms with Crippen LogP contribution in [0.2, 0.25) is 0 Å². The summed E-state index contributed by atoms with van der Waals surface area (Å²) < 4.78 is 5.71. The van der Waals surface area contributed by atoms with Crippen molar-refractivity contribution in [3.63, 3.8) is 0 Å². The zero-order chi connectivity index (χ0) is 18.8. The van der Waals surface area contributed by atoms with Crippen molar-refractivity contribution in [1.82, 2.24) is 14.9 Å². The maximum Gasteiger partial charge on any atom is 0.310 e. The molecule has 1 saturated heterocycles. The van der Waals surface area contributed by atoms with Crippen molar-refractivity contribution < 1.29 is 9.66 Å².